The Morgan fingerprint density at radius 1 is 0.735 bits per heavy atom. The summed E-state index contributed by atoms with van der Waals surface area (Å²) in [5.74, 6) is -1.81. The van der Waals surface area contributed by atoms with E-state index in [0.717, 1.165) is 0 Å². The normalized spacial score (nSPS) is 43.6. The van der Waals surface area contributed by atoms with Crippen molar-refractivity contribution in [2.45, 2.75) is 85.0 Å². The number of ether oxygens (including phenoxy) is 2. The molecule has 0 spiro atoms. The summed E-state index contributed by atoms with van der Waals surface area (Å²) in [4.78, 5) is 13.4. The van der Waals surface area contributed by atoms with Gasteiger partial charge in [-0.15, -0.1) is 0 Å². The van der Waals surface area contributed by atoms with Crippen LogP contribution < -0.4 is 0 Å². The van der Waals surface area contributed by atoms with E-state index >= 15 is 0 Å². The molecule has 16 nitrogen and oxygen atoms in total. The van der Waals surface area contributed by atoms with E-state index in [9.17, 15) is 66.1 Å². The van der Waals surface area contributed by atoms with Crippen LogP contribution in [-0.4, -0.2) is 177 Å². The molecule has 0 amide bonds. The Morgan fingerprint density at radius 3 is 1.68 bits per heavy atom. The minimum absolute atomic E-state index is 0.985. The summed E-state index contributed by atoms with van der Waals surface area (Å²) >= 11 is 0. The Balaban J connectivity index is 2.58. The predicted molar refractivity (Wildman–Crippen MR) is 103 cm³/mol. The van der Waals surface area contributed by atoms with E-state index in [1.54, 1.807) is 0 Å². The maximum atomic E-state index is 13.4. The summed E-state index contributed by atoms with van der Waals surface area (Å²) in [5, 5.41) is 130. The van der Waals surface area contributed by atoms with Gasteiger partial charge < -0.3 is 75.9 Å². The summed E-state index contributed by atoms with van der Waals surface area (Å²) in [5.41, 5.74) is -3.61. The SMILES string of the molecule is O=C(C1O[C@H](CO)[C@H](O)[C@H](O)[C@H]1O)[C@@](O)(C1O[C@H](CO)[C@H](O)[C@H](O)[C@H]1O)[C@@H](O)[C@H](O)[C@H](O)CO. The van der Waals surface area contributed by atoms with E-state index in [1.807, 2.05) is 0 Å². The molecular formula is C18H32O16. The fourth-order valence-corrected chi connectivity index (χ4v) is 4.04. The van der Waals surface area contributed by atoms with E-state index < -0.39 is 111 Å². The third-order valence-corrected chi connectivity index (χ3v) is 6.23. The first-order chi connectivity index (χ1) is 15.8. The van der Waals surface area contributed by atoms with Crippen LogP contribution in [0, 0.1) is 0 Å². The third-order valence-electron chi connectivity index (χ3n) is 6.23. The molecule has 0 saturated carbocycles. The number of carbonyl (C=O) groups excluding carboxylic acids is 1. The molecule has 13 N–H and O–H groups in total. The molecule has 2 saturated heterocycles. The molecule has 2 rings (SSSR count). The number of ketones is 1. The molecule has 200 valence electrons. The molecule has 0 aliphatic carbocycles. The zero-order valence-electron chi connectivity index (χ0n) is 17.7. The van der Waals surface area contributed by atoms with E-state index in [4.69, 9.17) is 14.6 Å². The molecule has 2 fully saturated rings. The highest BCUT2D eigenvalue weighted by molar-refractivity contribution is 5.93. The first kappa shape index (κ1) is 29.3. The van der Waals surface area contributed by atoms with Crippen LogP contribution in [0.25, 0.3) is 0 Å². The van der Waals surface area contributed by atoms with Gasteiger partial charge in [-0.05, 0) is 0 Å². The second kappa shape index (κ2) is 11.4. The molecule has 0 aromatic carbocycles. The molecular weight excluding hydrogens is 472 g/mol. The van der Waals surface area contributed by atoms with Crippen LogP contribution in [0.3, 0.4) is 0 Å². The first-order valence-electron chi connectivity index (χ1n) is 10.3. The summed E-state index contributed by atoms with van der Waals surface area (Å²) in [7, 11) is 0. The highest BCUT2D eigenvalue weighted by atomic mass is 16.6. The predicted octanol–water partition coefficient (Wildman–Crippen LogP) is -8.95. The number of aliphatic hydroxyl groups is 13. The lowest BCUT2D eigenvalue weighted by Gasteiger charge is -2.50. The number of Topliss-reactive ketones (excluding diaryl/α,β-unsaturated/α-hetero) is 1. The van der Waals surface area contributed by atoms with Gasteiger partial charge in [0.1, 0.15) is 79.4 Å². The summed E-state index contributed by atoms with van der Waals surface area (Å²) in [6.45, 7) is -3.19. The molecule has 2 aliphatic heterocycles. The van der Waals surface area contributed by atoms with Crippen molar-refractivity contribution in [3.05, 3.63) is 0 Å². The van der Waals surface area contributed by atoms with Crippen molar-refractivity contribution in [3.8, 4) is 0 Å². The van der Waals surface area contributed by atoms with Crippen molar-refractivity contribution < 1.29 is 80.7 Å². The molecule has 2 unspecified atom stereocenters. The van der Waals surface area contributed by atoms with Crippen molar-refractivity contribution in [2.75, 3.05) is 19.8 Å². The molecule has 16 heteroatoms. The fraction of sp³-hybridized carbons (Fsp3) is 0.944. The van der Waals surface area contributed by atoms with E-state index in [2.05, 4.69) is 0 Å². The second-order valence-corrected chi connectivity index (χ2v) is 8.37. The molecule has 14 atom stereocenters. The van der Waals surface area contributed by atoms with Crippen molar-refractivity contribution in [3.63, 3.8) is 0 Å². The summed E-state index contributed by atoms with van der Waals surface area (Å²) in [6, 6.07) is 0. The van der Waals surface area contributed by atoms with Crippen LogP contribution in [0.2, 0.25) is 0 Å². The number of rotatable bonds is 9. The van der Waals surface area contributed by atoms with Crippen molar-refractivity contribution in [1.29, 1.82) is 0 Å². The number of hydrogen-bond acceptors (Lipinski definition) is 16. The Hall–Kier alpha value is -0.930. The van der Waals surface area contributed by atoms with Gasteiger partial charge in [-0.3, -0.25) is 4.79 Å². The lowest BCUT2D eigenvalue weighted by Crippen LogP contribution is -2.75. The number of hydrogen-bond donors (Lipinski definition) is 13. The maximum absolute atomic E-state index is 13.4. The van der Waals surface area contributed by atoms with Crippen molar-refractivity contribution >= 4 is 5.78 Å². The van der Waals surface area contributed by atoms with Gasteiger partial charge in [-0.2, -0.15) is 0 Å². The molecule has 2 heterocycles. The average molecular weight is 504 g/mol. The van der Waals surface area contributed by atoms with Crippen LogP contribution in [-0.2, 0) is 14.3 Å². The maximum Gasteiger partial charge on any atom is 0.201 e. The lowest BCUT2D eigenvalue weighted by molar-refractivity contribution is -0.293. The summed E-state index contributed by atoms with van der Waals surface area (Å²) < 4.78 is 10.2. The van der Waals surface area contributed by atoms with Gasteiger partial charge in [0.25, 0.3) is 0 Å². The molecule has 34 heavy (non-hydrogen) atoms. The minimum Gasteiger partial charge on any atom is -0.394 e. The Labute approximate surface area is 192 Å². The molecule has 0 aromatic heterocycles. The highest BCUT2D eigenvalue weighted by Crippen LogP contribution is 2.36. The van der Waals surface area contributed by atoms with Crippen LogP contribution in [0.1, 0.15) is 0 Å². The topological polar surface area (TPSA) is 299 Å². The van der Waals surface area contributed by atoms with Crippen molar-refractivity contribution in [2.24, 2.45) is 0 Å². The first-order valence-corrected chi connectivity index (χ1v) is 10.3. The standard InChI is InChI=1S/C18H32O16/c19-1-4(22)7(23)15(30)18(32,17-13(29)11(27)9(25)6(3-21)34-17)16(31)14-12(28)10(26)8(24)5(2-20)33-14/h4-15,17,19-30,32H,1-3H2/t4-,5-,6-,7-,8+,9+,10+,11+,12-,13-,14?,15+,17?,18-/m1/s1. The lowest BCUT2D eigenvalue weighted by atomic mass is 9.73. The zero-order chi connectivity index (χ0) is 26.1. The number of aliphatic hydroxyl groups excluding tert-OH is 12. The van der Waals surface area contributed by atoms with Gasteiger partial charge in [-0.25, -0.2) is 0 Å². The van der Waals surface area contributed by atoms with Gasteiger partial charge in [0.15, 0.2) is 5.60 Å². The van der Waals surface area contributed by atoms with E-state index in [0.29, 0.717) is 0 Å². The fourth-order valence-electron chi connectivity index (χ4n) is 4.04. The molecule has 0 bridgehead atoms. The van der Waals surface area contributed by atoms with Gasteiger partial charge in [-0.1, -0.05) is 0 Å². The van der Waals surface area contributed by atoms with E-state index in [-0.39, 0.29) is 0 Å². The Morgan fingerprint density at radius 2 is 1.21 bits per heavy atom. The quantitative estimate of drug-likeness (QED) is 0.139. The van der Waals surface area contributed by atoms with E-state index in [1.165, 1.54) is 0 Å². The Bertz CT molecular complexity index is 676. The van der Waals surface area contributed by atoms with Crippen LogP contribution >= 0.6 is 0 Å². The largest absolute Gasteiger partial charge is 0.394 e. The van der Waals surface area contributed by atoms with Gasteiger partial charge in [0, 0.05) is 0 Å². The molecule has 0 radical (unpaired) electrons. The monoisotopic (exact) mass is 504 g/mol. The van der Waals surface area contributed by atoms with Gasteiger partial charge >= 0.3 is 0 Å². The number of carbonyl (C=O) groups is 1. The molecule has 0 aromatic rings. The second-order valence-electron chi connectivity index (χ2n) is 8.37. The van der Waals surface area contributed by atoms with Crippen LogP contribution in [0.4, 0.5) is 0 Å². The van der Waals surface area contributed by atoms with Gasteiger partial charge in [0.2, 0.25) is 5.78 Å². The third kappa shape index (κ3) is 4.99. The smallest absolute Gasteiger partial charge is 0.201 e. The molecule has 2 aliphatic rings. The van der Waals surface area contributed by atoms with Crippen LogP contribution in [0.15, 0.2) is 0 Å². The summed E-state index contributed by atoms with van der Waals surface area (Å²) in [6.07, 6.45) is -28.6. The van der Waals surface area contributed by atoms with Gasteiger partial charge in [0.05, 0.1) is 19.8 Å². The van der Waals surface area contributed by atoms with Crippen LogP contribution in [0.5, 0.6) is 0 Å². The zero-order valence-corrected chi connectivity index (χ0v) is 17.7. The average Bonchev–Trinajstić information content (AvgIpc) is 2.83. The van der Waals surface area contributed by atoms with Crippen molar-refractivity contribution in [1.82, 2.24) is 0 Å². The minimum atomic E-state index is -3.61. The highest BCUT2D eigenvalue weighted by Gasteiger charge is 2.64. The Kier molecular flexibility index (Phi) is 9.84.